The SMILES string of the molecule is CCCCCCN(Cc1ccccc1)C(=O)NC1CCCCC1O. The molecule has 0 radical (unpaired) electrons. The Bertz CT molecular complexity index is 478. The van der Waals surface area contributed by atoms with Gasteiger partial charge in [0.05, 0.1) is 12.1 Å². The van der Waals surface area contributed by atoms with Crippen molar-refractivity contribution in [3.63, 3.8) is 0 Å². The van der Waals surface area contributed by atoms with Crippen LogP contribution in [0, 0.1) is 0 Å². The predicted molar refractivity (Wildman–Crippen MR) is 97.8 cm³/mol. The smallest absolute Gasteiger partial charge is 0.318 e. The van der Waals surface area contributed by atoms with E-state index in [1.54, 1.807) is 0 Å². The van der Waals surface area contributed by atoms with Gasteiger partial charge in [-0.25, -0.2) is 4.79 Å². The topological polar surface area (TPSA) is 52.6 Å². The Balaban J connectivity index is 1.93. The molecule has 1 saturated carbocycles. The number of hydrogen-bond donors (Lipinski definition) is 2. The molecule has 4 heteroatoms. The first kappa shape index (κ1) is 18.8. The minimum atomic E-state index is -0.402. The predicted octanol–water partition coefficient (Wildman–Crippen LogP) is 4.08. The standard InChI is InChI=1S/C20H32N2O2/c1-2-3-4-10-15-22(16-17-11-6-5-7-12-17)20(24)21-18-13-8-9-14-19(18)23/h5-7,11-12,18-19,23H,2-4,8-10,13-16H2,1H3,(H,21,24). The highest BCUT2D eigenvalue weighted by atomic mass is 16.3. The van der Waals surface area contributed by atoms with Crippen molar-refractivity contribution in [1.82, 2.24) is 10.2 Å². The van der Waals surface area contributed by atoms with Crippen LogP contribution < -0.4 is 5.32 Å². The Morgan fingerprint density at radius 1 is 1.17 bits per heavy atom. The third-order valence-corrected chi connectivity index (χ3v) is 4.82. The van der Waals surface area contributed by atoms with Crippen molar-refractivity contribution >= 4 is 6.03 Å². The van der Waals surface area contributed by atoms with Gasteiger partial charge in [-0.1, -0.05) is 69.4 Å². The molecule has 0 bridgehead atoms. The van der Waals surface area contributed by atoms with Crippen molar-refractivity contribution in [3.05, 3.63) is 35.9 Å². The van der Waals surface area contributed by atoms with E-state index in [2.05, 4.69) is 24.4 Å². The Morgan fingerprint density at radius 2 is 1.92 bits per heavy atom. The van der Waals surface area contributed by atoms with Crippen LogP contribution >= 0.6 is 0 Å². The zero-order chi connectivity index (χ0) is 17.2. The molecule has 2 amide bonds. The van der Waals surface area contributed by atoms with Crippen molar-refractivity contribution in [3.8, 4) is 0 Å². The molecule has 1 aliphatic rings. The number of aliphatic hydroxyl groups is 1. The molecule has 0 spiro atoms. The number of rotatable bonds is 8. The van der Waals surface area contributed by atoms with E-state index in [1.165, 1.54) is 12.8 Å². The molecule has 4 nitrogen and oxygen atoms in total. The number of nitrogens with one attached hydrogen (secondary N) is 1. The van der Waals surface area contributed by atoms with Gasteiger partial charge in [-0.05, 0) is 24.8 Å². The molecule has 2 atom stereocenters. The number of unbranched alkanes of at least 4 members (excludes halogenated alkanes) is 3. The Hall–Kier alpha value is -1.55. The highest BCUT2D eigenvalue weighted by molar-refractivity contribution is 5.74. The van der Waals surface area contributed by atoms with Gasteiger partial charge < -0.3 is 15.3 Å². The molecule has 2 unspecified atom stereocenters. The maximum absolute atomic E-state index is 12.7. The van der Waals surface area contributed by atoms with Gasteiger partial charge in [-0.2, -0.15) is 0 Å². The lowest BCUT2D eigenvalue weighted by atomic mass is 9.93. The van der Waals surface area contributed by atoms with E-state index >= 15 is 0 Å². The van der Waals surface area contributed by atoms with Gasteiger partial charge in [0, 0.05) is 13.1 Å². The number of urea groups is 1. The van der Waals surface area contributed by atoms with Crippen molar-refractivity contribution in [1.29, 1.82) is 0 Å². The first-order valence-corrected chi connectivity index (χ1v) is 9.48. The number of hydrogen-bond acceptors (Lipinski definition) is 2. The largest absolute Gasteiger partial charge is 0.391 e. The van der Waals surface area contributed by atoms with Gasteiger partial charge in [-0.15, -0.1) is 0 Å². The van der Waals surface area contributed by atoms with E-state index < -0.39 is 6.10 Å². The van der Waals surface area contributed by atoms with Gasteiger partial charge in [0.2, 0.25) is 0 Å². The summed E-state index contributed by atoms with van der Waals surface area (Å²) in [5.74, 6) is 0. The molecule has 0 aliphatic heterocycles. The van der Waals surface area contributed by atoms with Crippen LogP contribution in [0.2, 0.25) is 0 Å². The van der Waals surface area contributed by atoms with Crippen LogP contribution in [0.5, 0.6) is 0 Å². The molecule has 0 aromatic heterocycles. The molecule has 0 heterocycles. The van der Waals surface area contributed by atoms with Crippen LogP contribution in [0.1, 0.15) is 63.9 Å². The average molecular weight is 332 g/mol. The van der Waals surface area contributed by atoms with Gasteiger partial charge in [0.15, 0.2) is 0 Å². The van der Waals surface area contributed by atoms with Crippen LogP contribution in [0.15, 0.2) is 30.3 Å². The minimum Gasteiger partial charge on any atom is -0.391 e. The molecule has 1 aromatic carbocycles. The molecule has 1 aliphatic carbocycles. The van der Waals surface area contributed by atoms with Gasteiger partial charge in [0.1, 0.15) is 0 Å². The summed E-state index contributed by atoms with van der Waals surface area (Å²) < 4.78 is 0. The Kier molecular flexibility index (Phi) is 8.10. The fraction of sp³-hybridized carbons (Fsp3) is 0.650. The van der Waals surface area contributed by atoms with Crippen LogP contribution in [0.25, 0.3) is 0 Å². The van der Waals surface area contributed by atoms with Crippen molar-refractivity contribution < 1.29 is 9.90 Å². The monoisotopic (exact) mass is 332 g/mol. The maximum atomic E-state index is 12.7. The van der Waals surface area contributed by atoms with Crippen LogP contribution in [0.4, 0.5) is 4.79 Å². The fourth-order valence-electron chi connectivity index (χ4n) is 3.32. The van der Waals surface area contributed by atoms with Crippen LogP contribution in [0.3, 0.4) is 0 Å². The lowest BCUT2D eigenvalue weighted by molar-refractivity contribution is 0.0893. The quantitative estimate of drug-likeness (QED) is 0.705. The summed E-state index contributed by atoms with van der Waals surface area (Å²) in [5.41, 5.74) is 1.15. The zero-order valence-electron chi connectivity index (χ0n) is 14.9. The summed E-state index contributed by atoms with van der Waals surface area (Å²) in [7, 11) is 0. The summed E-state index contributed by atoms with van der Waals surface area (Å²) in [5, 5.41) is 13.2. The van der Waals surface area contributed by atoms with Gasteiger partial charge in [-0.3, -0.25) is 0 Å². The molecule has 0 saturated heterocycles. The molecule has 134 valence electrons. The molecule has 2 N–H and O–H groups in total. The van der Waals surface area contributed by atoms with E-state index in [0.29, 0.717) is 6.54 Å². The van der Waals surface area contributed by atoms with Gasteiger partial charge in [0.25, 0.3) is 0 Å². The van der Waals surface area contributed by atoms with Crippen molar-refractivity contribution in [2.24, 2.45) is 0 Å². The molecule has 24 heavy (non-hydrogen) atoms. The number of nitrogens with zero attached hydrogens (tertiary/aromatic N) is 1. The number of amides is 2. The molecular weight excluding hydrogens is 300 g/mol. The summed E-state index contributed by atoms with van der Waals surface area (Å²) in [6.45, 7) is 3.59. The summed E-state index contributed by atoms with van der Waals surface area (Å²) >= 11 is 0. The molecular formula is C20H32N2O2. The summed E-state index contributed by atoms with van der Waals surface area (Å²) in [6, 6.07) is 9.99. The van der Waals surface area contributed by atoms with Crippen LogP contribution in [-0.4, -0.2) is 34.7 Å². The van der Waals surface area contributed by atoms with E-state index in [-0.39, 0.29) is 12.1 Å². The fourth-order valence-corrected chi connectivity index (χ4v) is 3.32. The summed E-state index contributed by atoms with van der Waals surface area (Å²) in [4.78, 5) is 14.6. The van der Waals surface area contributed by atoms with E-state index in [4.69, 9.17) is 0 Å². The second-order valence-corrected chi connectivity index (χ2v) is 6.88. The highest BCUT2D eigenvalue weighted by Crippen LogP contribution is 2.19. The van der Waals surface area contributed by atoms with E-state index in [9.17, 15) is 9.90 Å². The first-order valence-electron chi connectivity index (χ1n) is 9.48. The van der Waals surface area contributed by atoms with Crippen LogP contribution in [-0.2, 0) is 6.54 Å². The molecule has 1 aromatic rings. The first-order chi connectivity index (χ1) is 11.7. The Morgan fingerprint density at radius 3 is 2.62 bits per heavy atom. The number of benzene rings is 1. The minimum absolute atomic E-state index is 0.0405. The van der Waals surface area contributed by atoms with Crippen molar-refractivity contribution in [2.45, 2.75) is 77.0 Å². The molecule has 1 fully saturated rings. The normalized spacial score (nSPS) is 20.6. The van der Waals surface area contributed by atoms with E-state index in [0.717, 1.165) is 50.6 Å². The number of carbonyl (C=O) groups is 1. The maximum Gasteiger partial charge on any atom is 0.318 e. The van der Waals surface area contributed by atoms with Gasteiger partial charge >= 0.3 is 6.03 Å². The van der Waals surface area contributed by atoms with E-state index in [1.807, 2.05) is 23.1 Å². The second-order valence-electron chi connectivity index (χ2n) is 6.88. The highest BCUT2D eigenvalue weighted by Gasteiger charge is 2.26. The lowest BCUT2D eigenvalue weighted by Crippen LogP contribution is -2.50. The lowest BCUT2D eigenvalue weighted by Gasteiger charge is -2.31. The van der Waals surface area contributed by atoms with Crippen molar-refractivity contribution in [2.75, 3.05) is 6.54 Å². The third kappa shape index (κ3) is 6.16. The zero-order valence-corrected chi connectivity index (χ0v) is 14.9. The number of aliphatic hydroxyl groups excluding tert-OH is 1. The number of carbonyl (C=O) groups excluding carboxylic acids is 1. The Labute approximate surface area is 146 Å². The molecule has 2 rings (SSSR count). The second kappa shape index (κ2) is 10.3. The third-order valence-electron chi connectivity index (χ3n) is 4.82. The summed E-state index contributed by atoms with van der Waals surface area (Å²) in [6.07, 6.45) is 7.99. The average Bonchev–Trinajstić information content (AvgIpc) is 2.60.